The van der Waals surface area contributed by atoms with Crippen LogP contribution in [0.2, 0.25) is 0 Å². The molecule has 2 N–H and O–H groups in total. The summed E-state index contributed by atoms with van der Waals surface area (Å²) in [6.07, 6.45) is 2.25. The van der Waals surface area contributed by atoms with Crippen LogP contribution in [0.15, 0.2) is 24.3 Å². The Hall–Kier alpha value is -1.06. The van der Waals surface area contributed by atoms with Crippen LogP contribution in [0, 0.1) is 0 Å². The third-order valence-electron chi connectivity index (χ3n) is 3.59. The minimum absolute atomic E-state index is 0.0255. The first-order valence-corrected chi connectivity index (χ1v) is 6.00. The van der Waals surface area contributed by atoms with E-state index >= 15 is 0 Å². The average molecular weight is 218 g/mol. The summed E-state index contributed by atoms with van der Waals surface area (Å²) in [7, 11) is 0. The number of morpholine rings is 1. The summed E-state index contributed by atoms with van der Waals surface area (Å²) in [5.41, 5.74) is 8.78. The lowest BCUT2D eigenvalue weighted by Crippen LogP contribution is -2.36. The Morgan fingerprint density at radius 2 is 1.94 bits per heavy atom. The standard InChI is InChI=1S/C13H18N2O/c14-13(4-5-13)11-2-1-3-12(10-11)15-6-8-16-9-7-15/h1-3,10H,4-9,14H2. The van der Waals surface area contributed by atoms with Gasteiger partial charge < -0.3 is 15.4 Å². The minimum atomic E-state index is -0.0255. The zero-order valence-electron chi connectivity index (χ0n) is 9.48. The van der Waals surface area contributed by atoms with Crippen molar-refractivity contribution in [3.05, 3.63) is 29.8 Å². The van der Waals surface area contributed by atoms with Crippen molar-refractivity contribution in [3.63, 3.8) is 0 Å². The Morgan fingerprint density at radius 1 is 1.19 bits per heavy atom. The highest BCUT2D eigenvalue weighted by atomic mass is 16.5. The van der Waals surface area contributed by atoms with Gasteiger partial charge in [-0.05, 0) is 30.5 Å². The summed E-state index contributed by atoms with van der Waals surface area (Å²) >= 11 is 0. The first kappa shape index (κ1) is 10.1. The second-order valence-electron chi connectivity index (χ2n) is 4.81. The molecule has 3 nitrogen and oxygen atoms in total. The van der Waals surface area contributed by atoms with Gasteiger partial charge in [0.15, 0.2) is 0 Å². The number of ether oxygens (including phenoxy) is 1. The van der Waals surface area contributed by atoms with Gasteiger partial charge in [-0.2, -0.15) is 0 Å². The van der Waals surface area contributed by atoms with Crippen molar-refractivity contribution in [2.45, 2.75) is 18.4 Å². The molecule has 0 bridgehead atoms. The highest BCUT2D eigenvalue weighted by Gasteiger charge is 2.40. The first-order valence-electron chi connectivity index (χ1n) is 6.00. The van der Waals surface area contributed by atoms with Crippen LogP contribution in [0.1, 0.15) is 18.4 Å². The molecule has 0 atom stereocenters. The fourth-order valence-electron chi connectivity index (χ4n) is 2.26. The lowest BCUT2D eigenvalue weighted by molar-refractivity contribution is 0.122. The third kappa shape index (κ3) is 1.81. The van der Waals surface area contributed by atoms with E-state index in [1.807, 2.05) is 0 Å². The van der Waals surface area contributed by atoms with Crippen LogP contribution in [0.25, 0.3) is 0 Å². The summed E-state index contributed by atoms with van der Waals surface area (Å²) in [5.74, 6) is 0. The van der Waals surface area contributed by atoms with Crippen LogP contribution >= 0.6 is 0 Å². The highest BCUT2D eigenvalue weighted by Crippen LogP contribution is 2.43. The molecule has 1 saturated carbocycles. The van der Waals surface area contributed by atoms with E-state index in [9.17, 15) is 0 Å². The Kier molecular flexibility index (Phi) is 2.37. The lowest BCUT2D eigenvalue weighted by atomic mass is 10.0. The van der Waals surface area contributed by atoms with Gasteiger partial charge in [0.05, 0.1) is 13.2 Å². The zero-order valence-corrected chi connectivity index (χ0v) is 9.48. The van der Waals surface area contributed by atoms with Gasteiger partial charge in [-0.15, -0.1) is 0 Å². The van der Waals surface area contributed by atoms with Crippen LogP contribution in [0.3, 0.4) is 0 Å². The first-order chi connectivity index (χ1) is 7.78. The molecule has 0 radical (unpaired) electrons. The van der Waals surface area contributed by atoms with Gasteiger partial charge in [0.25, 0.3) is 0 Å². The largest absolute Gasteiger partial charge is 0.378 e. The maximum Gasteiger partial charge on any atom is 0.0642 e. The van der Waals surface area contributed by atoms with E-state index in [4.69, 9.17) is 10.5 Å². The smallest absolute Gasteiger partial charge is 0.0642 e. The lowest BCUT2D eigenvalue weighted by Gasteiger charge is -2.29. The quantitative estimate of drug-likeness (QED) is 0.817. The number of hydrogen-bond acceptors (Lipinski definition) is 3. The van der Waals surface area contributed by atoms with Gasteiger partial charge in [-0.25, -0.2) is 0 Å². The second-order valence-corrected chi connectivity index (χ2v) is 4.81. The molecule has 0 unspecified atom stereocenters. The van der Waals surface area contributed by atoms with E-state index < -0.39 is 0 Å². The molecule has 1 aliphatic carbocycles. The maximum absolute atomic E-state index is 6.22. The van der Waals surface area contributed by atoms with Crippen molar-refractivity contribution in [3.8, 4) is 0 Å². The van der Waals surface area contributed by atoms with Crippen molar-refractivity contribution < 1.29 is 4.74 Å². The maximum atomic E-state index is 6.22. The molecule has 16 heavy (non-hydrogen) atoms. The average Bonchev–Trinajstić information content (AvgIpc) is 3.10. The van der Waals surface area contributed by atoms with Crippen LogP contribution in [0.5, 0.6) is 0 Å². The van der Waals surface area contributed by atoms with E-state index in [2.05, 4.69) is 29.2 Å². The fraction of sp³-hybridized carbons (Fsp3) is 0.538. The molecule has 1 aromatic carbocycles. The highest BCUT2D eigenvalue weighted by molar-refractivity contribution is 5.51. The van der Waals surface area contributed by atoms with Crippen molar-refractivity contribution in [1.29, 1.82) is 0 Å². The number of rotatable bonds is 2. The number of anilines is 1. The van der Waals surface area contributed by atoms with Crippen molar-refractivity contribution >= 4 is 5.69 Å². The fourth-order valence-corrected chi connectivity index (χ4v) is 2.26. The van der Waals surface area contributed by atoms with Gasteiger partial charge in [-0.3, -0.25) is 0 Å². The molecule has 0 amide bonds. The molecule has 1 aromatic rings. The van der Waals surface area contributed by atoms with E-state index in [-0.39, 0.29) is 5.54 Å². The molecule has 1 heterocycles. The Morgan fingerprint density at radius 3 is 2.62 bits per heavy atom. The molecular weight excluding hydrogens is 200 g/mol. The Labute approximate surface area is 96.2 Å². The summed E-state index contributed by atoms with van der Waals surface area (Å²) in [6, 6.07) is 8.68. The van der Waals surface area contributed by atoms with Crippen molar-refractivity contribution in [2.24, 2.45) is 5.73 Å². The number of benzene rings is 1. The molecule has 2 aliphatic rings. The third-order valence-corrected chi connectivity index (χ3v) is 3.59. The van der Waals surface area contributed by atoms with E-state index in [1.54, 1.807) is 0 Å². The van der Waals surface area contributed by atoms with Crippen LogP contribution in [-0.2, 0) is 10.3 Å². The van der Waals surface area contributed by atoms with Crippen molar-refractivity contribution in [2.75, 3.05) is 31.2 Å². The van der Waals surface area contributed by atoms with Crippen LogP contribution in [0.4, 0.5) is 5.69 Å². The molecule has 3 rings (SSSR count). The second kappa shape index (κ2) is 3.75. The van der Waals surface area contributed by atoms with E-state index in [1.165, 1.54) is 11.3 Å². The van der Waals surface area contributed by atoms with E-state index in [0.717, 1.165) is 39.1 Å². The normalized spacial score (nSPS) is 23.2. The predicted molar refractivity (Wildman–Crippen MR) is 64.6 cm³/mol. The summed E-state index contributed by atoms with van der Waals surface area (Å²) in [6.45, 7) is 3.64. The molecular formula is C13H18N2O. The molecule has 2 fully saturated rings. The van der Waals surface area contributed by atoms with Crippen LogP contribution < -0.4 is 10.6 Å². The minimum Gasteiger partial charge on any atom is -0.378 e. The Balaban J connectivity index is 1.84. The zero-order chi connectivity index (χ0) is 11.0. The molecule has 0 aromatic heterocycles. The molecule has 86 valence electrons. The number of nitrogens with two attached hydrogens (primary N) is 1. The summed E-state index contributed by atoms with van der Waals surface area (Å²) in [4.78, 5) is 2.37. The molecule has 0 spiro atoms. The van der Waals surface area contributed by atoms with Gasteiger partial charge >= 0.3 is 0 Å². The van der Waals surface area contributed by atoms with Crippen molar-refractivity contribution in [1.82, 2.24) is 0 Å². The predicted octanol–water partition coefficient (Wildman–Crippen LogP) is 1.47. The van der Waals surface area contributed by atoms with Gasteiger partial charge in [0, 0.05) is 24.3 Å². The molecule has 3 heteroatoms. The topological polar surface area (TPSA) is 38.5 Å². The number of hydrogen-bond donors (Lipinski definition) is 1. The monoisotopic (exact) mass is 218 g/mol. The van der Waals surface area contributed by atoms with Gasteiger partial charge in [0.1, 0.15) is 0 Å². The van der Waals surface area contributed by atoms with Gasteiger partial charge in [0.2, 0.25) is 0 Å². The SMILES string of the molecule is NC1(c2cccc(N3CCOCC3)c2)CC1. The summed E-state index contributed by atoms with van der Waals surface area (Å²) < 4.78 is 5.36. The molecule has 1 saturated heterocycles. The molecule has 1 aliphatic heterocycles. The van der Waals surface area contributed by atoms with E-state index in [0.29, 0.717) is 0 Å². The number of nitrogens with zero attached hydrogens (tertiary/aromatic N) is 1. The Bertz CT molecular complexity index is 381. The summed E-state index contributed by atoms with van der Waals surface area (Å²) in [5, 5.41) is 0. The van der Waals surface area contributed by atoms with Crippen LogP contribution in [-0.4, -0.2) is 26.3 Å². The van der Waals surface area contributed by atoms with Gasteiger partial charge in [-0.1, -0.05) is 12.1 Å².